The van der Waals surface area contributed by atoms with Gasteiger partial charge in [-0.1, -0.05) is 0 Å². The zero-order valence-corrected chi connectivity index (χ0v) is 5.55. The number of aromatic nitrogens is 2. The lowest BCUT2D eigenvalue weighted by Crippen LogP contribution is -2.00. The molecule has 0 spiro atoms. The molecule has 4 nitrogen and oxygen atoms in total. The largest absolute Gasteiger partial charge is 0.384 e. The van der Waals surface area contributed by atoms with Gasteiger partial charge in [0.1, 0.15) is 5.82 Å². The summed E-state index contributed by atoms with van der Waals surface area (Å²) >= 11 is 0. The minimum absolute atomic E-state index is 0.666. The van der Waals surface area contributed by atoms with Crippen molar-refractivity contribution in [1.29, 1.82) is 0 Å². The van der Waals surface area contributed by atoms with Gasteiger partial charge >= 0.3 is 0 Å². The first-order valence-electron chi connectivity index (χ1n) is 2.70. The van der Waals surface area contributed by atoms with Gasteiger partial charge in [-0.3, -0.25) is 0 Å². The molecule has 0 amide bonds. The first-order chi connectivity index (χ1) is 4.25. The number of nitrogen functional groups attached to an aromatic ring is 1. The number of anilines is 2. The van der Waals surface area contributed by atoms with Gasteiger partial charge in [0.15, 0.2) is 0 Å². The molecule has 0 saturated carbocycles. The predicted octanol–water partition coefficient (Wildman–Crippen LogP) is 0.0440. The lowest BCUT2D eigenvalue weighted by atomic mass is 10.8. The first-order valence-corrected chi connectivity index (χ1v) is 2.70. The second-order valence-corrected chi connectivity index (χ2v) is 1.82. The van der Waals surface area contributed by atoms with Gasteiger partial charge in [-0.15, -0.1) is 0 Å². The molecule has 0 fully saturated rings. The summed E-state index contributed by atoms with van der Waals surface area (Å²) in [6.07, 6.45) is 1.62. The lowest BCUT2D eigenvalue weighted by Gasteiger charge is -1.98. The van der Waals surface area contributed by atoms with Crippen LogP contribution in [0.15, 0.2) is 6.20 Å². The lowest BCUT2D eigenvalue weighted by molar-refractivity contribution is 0.931. The van der Waals surface area contributed by atoms with Crippen molar-refractivity contribution in [2.75, 3.05) is 18.1 Å². The highest BCUT2D eigenvalue weighted by Gasteiger charge is 1.97. The van der Waals surface area contributed by atoms with E-state index in [1.54, 1.807) is 10.8 Å². The number of imidazole rings is 1. The molecule has 0 aliphatic rings. The van der Waals surface area contributed by atoms with E-state index in [0.717, 1.165) is 5.95 Å². The van der Waals surface area contributed by atoms with Crippen LogP contribution in [0.5, 0.6) is 0 Å². The molecule has 0 aromatic carbocycles. The van der Waals surface area contributed by atoms with Crippen molar-refractivity contribution in [3.05, 3.63) is 6.20 Å². The van der Waals surface area contributed by atoms with Crippen LogP contribution >= 0.6 is 0 Å². The molecule has 0 bridgehead atoms. The van der Waals surface area contributed by atoms with E-state index in [1.165, 1.54) is 0 Å². The maximum Gasteiger partial charge on any atom is 0.203 e. The van der Waals surface area contributed by atoms with Gasteiger partial charge in [-0.25, -0.2) is 4.98 Å². The molecule has 1 aromatic heterocycles. The highest BCUT2D eigenvalue weighted by atomic mass is 15.2. The smallest absolute Gasteiger partial charge is 0.203 e. The third-order valence-electron chi connectivity index (χ3n) is 1.25. The Kier molecular flexibility index (Phi) is 1.30. The number of nitrogens with one attached hydrogen (secondary N) is 1. The molecular formula is C5H10N4. The summed E-state index contributed by atoms with van der Waals surface area (Å²) in [5.74, 6) is 1.45. The fourth-order valence-electron chi connectivity index (χ4n) is 0.655. The quantitative estimate of drug-likeness (QED) is 0.558. The molecule has 0 radical (unpaired) electrons. The van der Waals surface area contributed by atoms with E-state index in [-0.39, 0.29) is 0 Å². The summed E-state index contributed by atoms with van der Waals surface area (Å²) in [6.45, 7) is 0. The Morgan fingerprint density at radius 1 is 1.78 bits per heavy atom. The molecule has 0 saturated heterocycles. The van der Waals surface area contributed by atoms with Gasteiger partial charge in [0.2, 0.25) is 5.95 Å². The Morgan fingerprint density at radius 3 is 2.67 bits per heavy atom. The van der Waals surface area contributed by atoms with Crippen molar-refractivity contribution in [2.24, 2.45) is 7.05 Å². The van der Waals surface area contributed by atoms with Crippen LogP contribution < -0.4 is 11.1 Å². The summed E-state index contributed by atoms with van der Waals surface area (Å²) in [6, 6.07) is 0. The number of rotatable bonds is 1. The monoisotopic (exact) mass is 126 g/mol. The van der Waals surface area contributed by atoms with Crippen molar-refractivity contribution in [2.45, 2.75) is 0 Å². The van der Waals surface area contributed by atoms with Crippen molar-refractivity contribution < 1.29 is 0 Å². The topological polar surface area (TPSA) is 55.9 Å². The fourth-order valence-corrected chi connectivity index (χ4v) is 0.655. The SMILES string of the molecule is CNc1ncc(N)n1C. The third kappa shape index (κ3) is 0.826. The molecule has 1 heterocycles. The average molecular weight is 126 g/mol. The molecule has 3 N–H and O–H groups in total. The summed E-state index contributed by atoms with van der Waals surface area (Å²) in [7, 11) is 3.66. The molecule has 4 heteroatoms. The van der Waals surface area contributed by atoms with Gasteiger partial charge in [0.05, 0.1) is 6.20 Å². The van der Waals surface area contributed by atoms with Gasteiger partial charge in [0, 0.05) is 14.1 Å². The summed E-state index contributed by atoms with van der Waals surface area (Å²) < 4.78 is 1.78. The van der Waals surface area contributed by atoms with Gasteiger partial charge in [0.25, 0.3) is 0 Å². The number of nitrogens with two attached hydrogens (primary N) is 1. The number of hydrogen-bond donors (Lipinski definition) is 2. The summed E-state index contributed by atoms with van der Waals surface area (Å²) in [4.78, 5) is 3.96. The van der Waals surface area contributed by atoms with E-state index < -0.39 is 0 Å². The maximum atomic E-state index is 5.48. The third-order valence-corrected chi connectivity index (χ3v) is 1.25. The number of hydrogen-bond acceptors (Lipinski definition) is 3. The highest BCUT2D eigenvalue weighted by Crippen LogP contribution is 2.06. The molecule has 1 aromatic rings. The standard InChI is InChI=1S/C5H10N4/c1-7-5-8-3-4(6)9(5)2/h3H,6H2,1-2H3,(H,7,8). The van der Waals surface area contributed by atoms with Crippen LogP contribution in [0.4, 0.5) is 11.8 Å². The predicted molar refractivity (Wildman–Crippen MR) is 37.2 cm³/mol. The molecule has 0 unspecified atom stereocenters. The molecule has 0 aliphatic carbocycles. The Labute approximate surface area is 53.7 Å². The minimum atomic E-state index is 0.666. The molecule has 50 valence electrons. The van der Waals surface area contributed by atoms with Crippen molar-refractivity contribution >= 4 is 11.8 Å². The van der Waals surface area contributed by atoms with Crippen molar-refractivity contribution in [1.82, 2.24) is 9.55 Å². The Morgan fingerprint density at radius 2 is 2.44 bits per heavy atom. The average Bonchev–Trinajstić information content (AvgIpc) is 2.15. The van der Waals surface area contributed by atoms with Crippen LogP contribution in [0, 0.1) is 0 Å². The van der Waals surface area contributed by atoms with E-state index >= 15 is 0 Å². The van der Waals surface area contributed by atoms with Crippen LogP contribution in [0.2, 0.25) is 0 Å². The molecule has 0 atom stereocenters. The van der Waals surface area contributed by atoms with Crippen molar-refractivity contribution in [3.63, 3.8) is 0 Å². The summed E-state index contributed by atoms with van der Waals surface area (Å²) in [5, 5.41) is 2.89. The second-order valence-electron chi connectivity index (χ2n) is 1.82. The fraction of sp³-hybridized carbons (Fsp3) is 0.400. The molecule has 1 rings (SSSR count). The maximum absolute atomic E-state index is 5.48. The summed E-state index contributed by atoms with van der Waals surface area (Å²) in [5.41, 5.74) is 5.48. The van der Waals surface area contributed by atoms with Crippen LogP contribution in [0.1, 0.15) is 0 Å². The minimum Gasteiger partial charge on any atom is -0.384 e. The van der Waals surface area contributed by atoms with Crippen LogP contribution in [0.25, 0.3) is 0 Å². The highest BCUT2D eigenvalue weighted by molar-refractivity contribution is 5.38. The Hall–Kier alpha value is -1.19. The van der Waals surface area contributed by atoms with E-state index in [1.807, 2.05) is 14.1 Å². The van der Waals surface area contributed by atoms with Crippen molar-refractivity contribution in [3.8, 4) is 0 Å². The van der Waals surface area contributed by atoms with Crippen LogP contribution in [-0.4, -0.2) is 16.6 Å². The Bertz CT molecular complexity index is 203. The van der Waals surface area contributed by atoms with Gasteiger partial charge in [-0.05, 0) is 0 Å². The zero-order valence-electron chi connectivity index (χ0n) is 5.55. The van der Waals surface area contributed by atoms with E-state index in [2.05, 4.69) is 10.3 Å². The zero-order chi connectivity index (χ0) is 6.85. The van der Waals surface area contributed by atoms with Crippen LogP contribution in [-0.2, 0) is 7.05 Å². The molecule has 0 aliphatic heterocycles. The van der Waals surface area contributed by atoms with E-state index in [9.17, 15) is 0 Å². The Balaban J connectivity index is 3.04. The molecular weight excluding hydrogens is 116 g/mol. The number of nitrogens with zero attached hydrogens (tertiary/aromatic N) is 2. The molecule has 9 heavy (non-hydrogen) atoms. The van der Waals surface area contributed by atoms with E-state index in [0.29, 0.717) is 5.82 Å². The normalized spacial score (nSPS) is 9.56. The van der Waals surface area contributed by atoms with Crippen LogP contribution in [0.3, 0.4) is 0 Å². The van der Waals surface area contributed by atoms with Gasteiger partial charge in [-0.2, -0.15) is 0 Å². The van der Waals surface area contributed by atoms with E-state index in [4.69, 9.17) is 5.73 Å². The van der Waals surface area contributed by atoms with Gasteiger partial charge < -0.3 is 15.6 Å². The second kappa shape index (κ2) is 1.97. The first kappa shape index (κ1) is 5.94.